The van der Waals surface area contributed by atoms with Gasteiger partial charge in [0.05, 0.1) is 0 Å². The number of aryl methyl sites for hydroxylation is 1. The zero-order valence-electron chi connectivity index (χ0n) is 8.78. The summed E-state index contributed by atoms with van der Waals surface area (Å²) >= 11 is 0. The highest BCUT2D eigenvalue weighted by molar-refractivity contribution is 5.91. The molecule has 1 aromatic rings. The molecule has 1 rings (SSSR count). The normalized spacial score (nSPS) is 12.6. The third-order valence-corrected chi connectivity index (χ3v) is 1.93. The van der Waals surface area contributed by atoms with E-state index in [1.807, 2.05) is 13.0 Å². The molecule has 4 heteroatoms. The van der Waals surface area contributed by atoms with Gasteiger partial charge in [-0.1, -0.05) is 0 Å². The van der Waals surface area contributed by atoms with E-state index in [1.165, 1.54) is 4.90 Å². The highest BCUT2D eigenvalue weighted by Crippen LogP contribution is 2.17. The minimum Gasteiger partial charge on any atom is -0.445 e. The lowest BCUT2D eigenvalue weighted by molar-refractivity contribution is -0.118. The monoisotopic (exact) mass is 196 g/mol. The molecule has 1 heterocycles. The van der Waals surface area contributed by atoms with E-state index in [0.29, 0.717) is 12.3 Å². The van der Waals surface area contributed by atoms with Gasteiger partial charge in [-0.25, -0.2) is 0 Å². The predicted molar refractivity (Wildman–Crippen MR) is 55.1 cm³/mol. The minimum atomic E-state index is -0.124. The molecule has 0 aromatic carbocycles. The van der Waals surface area contributed by atoms with E-state index in [1.54, 1.807) is 20.0 Å². The molecule has 0 aliphatic heterocycles. The Labute approximate surface area is 83.7 Å². The van der Waals surface area contributed by atoms with Gasteiger partial charge in [-0.3, -0.25) is 9.69 Å². The molecule has 0 fully saturated rings. The molecule has 4 nitrogen and oxygen atoms in total. The molecule has 78 valence electrons. The third kappa shape index (κ3) is 2.60. The fraction of sp³-hybridized carbons (Fsp3) is 0.500. The van der Waals surface area contributed by atoms with Gasteiger partial charge in [-0.05, 0) is 19.9 Å². The fourth-order valence-corrected chi connectivity index (χ4v) is 1.14. The van der Waals surface area contributed by atoms with Crippen molar-refractivity contribution < 1.29 is 9.21 Å². The highest BCUT2D eigenvalue weighted by atomic mass is 16.4. The molecule has 2 N–H and O–H groups in total. The first-order valence-electron chi connectivity index (χ1n) is 4.59. The fourth-order valence-electron chi connectivity index (χ4n) is 1.14. The summed E-state index contributed by atoms with van der Waals surface area (Å²) in [6.07, 6.45) is 0.330. The second kappa shape index (κ2) is 4.28. The van der Waals surface area contributed by atoms with Gasteiger partial charge in [-0.15, -0.1) is 0 Å². The minimum absolute atomic E-state index is 0.0330. The maximum Gasteiger partial charge on any atom is 0.230 e. The van der Waals surface area contributed by atoms with Gasteiger partial charge in [-0.2, -0.15) is 0 Å². The molecule has 1 amide bonds. The second-order valence-electron chi connectivity index (χ2n) is 3.52. The van der Waals surface area contributed by atoms with Crippen LogP contribution in [-0.2, 0) is 4.79 Å². The first kappa shape index (κ1) is 10.8. The summed E-state index contributed by atoms with van der Waals surface area (Å²) in [5.74, 6) is 1.32. The van der Waals surface area contributed by atoms with Crippen molar-refractivity contribution >= 4 is 11.8 Å². The van der Waals surface area contributed by atoms with E-state index in [9.17, 15) is 4.79 Å². The van der Waals surface area contributed by atoms with E-state index < -0.39 is 0 Å². The number of nitrogens with two attached hydrogens (primary N) is 1. The molecule has 0 spiro atoms. The van der Waals surface area contributed by atoms with E-state index in [4.69, 9.17) is 10.2 Å². The van der Waals surface area contributed by atoms with Gasteiger partial charge in [0, 0.05) is 25.6 Å². The van der Waals surface area contributed by atoms with Crippen molar-refractivity contribution in [3.05, 3.63) is 17.9 Å². The van der Waals surface area contributed by atoms with Crippen LogP contribution in [-0.4, -0.2) is 19.0 Å². The number of hydrogen-bond donors (Lipinski definition) is 1. The molecule has 1 aromatic heterocycles. The first-order chi connectivity index (χ1) is 6.50. The van der Waals surface area contributed by atoms with Crippen molar-refractivity contribution in [1.29, 1.82) is 0 Å². The number of furan rings is 1. The van der Waals surface area contributed by atoms with Crippen LogP contribution in [0.4, 0.5) is 5.88 Å². The summed E-state index contributed by atoms with van der Waals surface area (Å²) in [4.78, 5) is 13.0. The number of anilines is 1. The Morgan fingerprint density at radius 2 is 2.29 bits per heavy atom. The van der Waals surface area contributed by atoms with Crippen molar-refractivity contribution in [3.63, 3.8) is 0 Å². The van der Waals surface area contributed by atoms with E-state index in [0.717, 1.165) is 5.76 Å². The Bertz CT molecular complexity index is 318. The molecule has 1 unspecified atom stereocenters. The van der Waals surface area contributed by atoms with Crippen molar-refractivity contribution in [2.45, 2.75) is 26.3 Å². The Hall–Kier alpha value is -1.29. The van der Waals surface area contributed by atoms with Crippen molar-refractivity contribution in [2.24, 2.45) is 5.73 Å². The molecule has 0 saturated heterocycles. The van der Waals surface area contributed by atoms with Crippen LogP contribution in [0.25, 0.3) is 0 Å². The summed E-state index contributed by atoms with van der Waals surface area (Å²) in [6, 6.07) is 3.47. The lowest BCUT2D eigenvalue weighted by Crippen LogP contribution is -2.31. The number of hydrogen-bond acceptors (Lipinski definition) is 3. The number of amides is 1. The Kier molecular flexibility index (Phi) is 3.30. The van der Waals surface area contributed by atoms with Crippen LogP contribution in [0.5, 0.6) is 0 Å². The zero-order valence-corrected chi connectivity index (χ0v) is 8.78. The zero-order chi connectivity index (χ0) is 10.7. The standard InChI is InChI=1S/C10H16N2O2/c1-7(11)6-9(13)12(3)10-5-4-8(2)14-10/h4-5,7H,6,11H2,1-3H3. The van der Waals surface area contributed by atoms with E-state index >= 15 is 0 Å². The van der Waals surface area contributed by atoms with Crippen molar-refractivity contribution in [2.75, 3.05) is 11.9 Å². The van der Waals surface area contributed by atoms with Crippen LogP contribution in [0.15, 0.2) is 16.5 Å². The quantitative estimate of drug-likeness (QED) is 0.792. The van der Waals surface area contributed by atoms with Crippen molar-refractivity contribution in [3.8, 4) is 0 Å². The van der Waals surface area contributed by atoms with E-state index in [-0.39, 0.29) is 11.9 Å². The van der Waals surface area contributed by atoms with Gasteiger partial charge in [0.1, 0.15) is 5.76 Å². The highest BCUT2D eigenvalue weighted by Gasteiger charge is 2.14. The average Bonchev–Trinajstić information content (AvgIpc) is 2.49. The largest absolute Gasteiger partial charge is 0.445 e. The maximum atomic E-state index is 11.5. The molecular weight excluding hydrogens is 180 g/mol. The first-order valence-corrected chi connectivity index (χ1v) is 4.59. The summed E-state index contributed by atoms with van der Waals surface area (Å²) in [6.45, 7) is 3.65. The van der Waals surface area contributed by atoms with Crippen LogP contribution in [0.1, 0.15) is 19.1 Å². The summed E-state index contributed by atoms with van der Waals surface area (Å²) < 4.78 is 5.31. The van der Waals surface area contributed by atoms with E-state index in [2.05, 4.69) is 0 Å². The SMILES string of the molecule is Cc1ccc(N(C)C(=O)CC(C)N)o1. The molecule has 1 atom stereocenters. The smallest absolute Gasteiger partial charge is 0.230 e. The van der Waals surface area contributed by atoms with Gasteiger partial charge in [0.15, 0.2) is 0 Å². The third-order valence-electron chi connectivity index (χ3n) is 1.93. The van der Waals surface area contributed by atoms with Gasteiger partial charge < -0.3 is 10.2 Å². The molecule has 0 radical (unpaired) electrons. The molecule has 0 saturated carbocycles. The van der Waals surface area contributed by atoms with Crippen LogP contribution < -0.4 is 10.6 Å². The van der Waals surface area contributed by atoms with Crippen LogP contribution in [0.3, 0.4) is 0 Å². The summed E-state index contributed by atoms with van der Waals surface area (Å²) in [5, 5.41) is 0. The van der Waals surface area contributed by atoms with Crippen LogP contribution >= 0.6 is 0 Å². The number of nitrogens with zero attached hydrogens (tertiary/aromatic N) is 1. The Morgan fingerprint density at radius 3 is 2.71 bits per heavy atom. The molecular formula is C10H16N2O2. The summed E-state index contributed by atoms with van der Waals surface area (Å²) in [7, 11) is 1.68. The number of carbonyl (C=O) groups excluding carboxylic acids is 1. The summed E-state index contributed by atoms with van der Waals surface area (Å²) in [5.41, 5.74) is 5.54. The van der Waals surface area contributed by atoms with Gasteiger partial charge in [0.25, 0.3) is 0 Å². The molecule has 0 aliphatic rings. The maximum absolute atomic E-state index is 11.5. The Balaban J connectivity index is 2.65. The predicted octanol–water partition coefficient (Wildman–Crippen LogP) is 1.29. The average molecular weight is 196 g/mol. The van der Waals surface area contributed by atoms with Gasteiger partial charge >= 0.3 is 0 Å². The van der Waals surface area contributed by atoms with Crippen LogP contribution in [0, 0.1) is 6.92 Å². The Morgan fingerprint density at radius 1 is 1.64 bits per heavy atom. The van der Waals surface area contributed by atoms with Crippen LogP contribution in [0.2, 0.25) is 0 Å². The van der Waals surface area contributed by atoms with Crippen molar-refractivity contribution in [1.82, 2.24) is 0 Å². The molecule has 0 bridgehead atoms. The molecule has 0 aliphatic carbocycles. The lowest BCUT2D eigenvalue weighted by atomic mass is 10.2. The second-order valence-corrected chi connectivity index (χ2v) is 3.52. The number of carbonyl (C=O) groups is 1. The molecule has 14 heavy (non-hydrogen) atoms. The topological polar surface area (TPSA) is 59.5 Å². The lowest BCUT2D eigenvalue weighted by Gasteiger charge is -2.15. The number of rotatable bonds is 3. The van der Waals surface area contributed by atoms with Gasteiger partial charge in [0.2, 0.25) is 11.8 Å².